The van der Waals surface area contributed by atoms with E-state index in [2.05, 4.69) is 51.8 Å². The Kier molecular flexibility index (Phi) is 4.21. The third-order valence-electron chi connectivity index (χ3n) is 5.05. The fourth-order valence-corrected chi connectivity index (χ4v) is 5.21. The number of amidine groups is 1. The lowest BCUT2D eigenvalue weighted by atomic mass is 10.0. The number of nitrogens with zero attached hydrogens (tertiary/aromatic N) is 4. The molecule has 0 aliphatic carbocycles. The van der Waals surface area contributed by atoms with Crippen molar-refractivity contribution in [1.82, 2.24) is 14.5 Å². The van der Waals surface area contributed by atoms with Crippen LogP contribution in [0.1, 0.15) is 30.4 Å². The van der Waals surface area contributed by atoms with Crippen LogP contribution in [0.5, 0.6) is 0 Å². The predicted molar refractivity (Wildman–Crippen MR) is 112 cm³/mol. The van der Waals surface area contributed by atoms with E-state index in [1.54, 1.807) is 0 Å². The third kappa shape index (κ3) is 2.95. The molecule has 136 valence electrons. The van der Waals surface area contributed by atoms with Crippen LogP contribution in [-0.2, 0) is 0 Å². The van der Waals surface area contributed by atoms with E-state index in [0.29, 0.717) is 5.25 Å². The lowest BCUT2D eigenvalue weighted by molar-refractivity contribution is 0.312. The van der Waals surface area contributed by atoms with Gasteiger partial charge in [0.05, 0.1) is 11.7 Å². The minimum atomic E-state index is -0.00552. The zero-order valence-electron chi connectivity index (χ0n) is 14.9. The molecule has 6 heteroatoms. The second-order valence-electron chi connectivity index (χ2n) is 6.92. The van der Waals surface area contributed by atoms with Crippen LogP contribution in [0.2, 0.25) is 5.02 Å². The highest BCUT2D eigenvalue weighted by atomic mass is 35.5. The number of fused-ring (bicyclic) bond motifs is 1. The second kappa shape index (κ2) is 6.73. The van der Waals surface area contributed by atoms with Crippen molar-refractivity contribution in [3.8, 4) is 5.69 Å². The zero-order valence-corrected chi connectivity index (χ0v) is 16.4. The van der Waals surface area contributed by atoms with Crippen molar-refractivity contribution >= 4 is 28.5 Å². The Hall–Kier alpha value is -2.24. The minimum Gasteiger partial charge on any atom is -0.339 e. The zero-order chi connectivity index (χ0) is 18.4. The molecule has 3 atom stereocenters. The third-order valence-corrected chi connectivity index (χ3v) is 6.39. The molecular formula is C21H19ClN4S. The van der Waals surface area contributed by atoms with Gasteiger partial charge in [0.15, 0.2) is 5.17 Å². The first-order chi connectivity index (χ1) is 13.2. The molecule has 0 N–H and O–H groups in total. The summed E-state index contributed by atoms with van der Waals surface area (Å²) in [6.45, 7) is 3.26. The van der Waals surface area contributed by atoms with Crippen molar-refractivity contribution in [1.29, 1.82) is 0 Å². The summed E-state index contributed by atoms with van der Waals surface area (Å²) in [5.41, 5.74) is 3.29. The number of thioether (sulfide) groups is 1. The number of hydrogen-bond donors (Lipinski definition) is 0. The average molecular weight is 395 g/mol. The molecule has 0 saturated carbocycles. The molecule has 4 nitrogen and oxygen atoms in total. The van der Waals surface area contributed by atoms with Crippen LogP contribution in [0.15, 0.2) is 72.0 Å². The van der Waals surface area contributed by atoms with Crippen molar-refractivity contribution in [2.45, 2.75) is 24.3 Å². The first-order valence-electron chi connectivity index (χ1n) is 9.06. The molecule has 1 saturated heterocycles. The van der Waals surface area contributed by atoms with Gasteiger partial charge in [-0.05, 0) is 42.5 Å². The first-order valence-corrected chi connectivity index (χ1v) is 10.3. The summed E-state index contributed by atoms with van der Waals surface area (Å²) in [5.74, 6) is 0. The monoisotopic (exact) mass is 394 g/mol. The van der Waals surface area contributed by atoms with Crippen LogP contribution >= 0.6 is 23.4 Å². The number of halogens is 1. The highest BCUT2D eigenvalue weighted by Crippen LogP contribution is 2.47. The lowest BCUT2D eigenvalue weighted by Gasteiger charge is -2.28. The van der Waals surface area contributed by atoms with Gasteiger partial charge < -0.3 is 9.47 Å². The number of hydrogen-bond acceptors (Lipinski definition) is 4. The second-order valence-corrected chi connectivity index (χ2v) is 8.76. The summed E-state index contributed by atoms with van der Waals surface area (Å²) in [6, 6.07) is 18.4. The van der Waals surface area contributed by atoms with Gasteiger partial charge in [-0.25, -0.2) is 0 Å². The summed E-state index contributed by atoms with van der Waals surface area (Å²) in [4.78, 5) is 12.1. The lowest BCUT2D eigenvalue weighted by Crippen LogP contribution is -2.30. The van der Waals surface area contributed by atoms with Crippen molar-refractivity contribution in [3.05, 3.63) is 83.4 Å². The average Bonchev–Trinajstić information content (AvgIpc) is 3.36. The van der Waals surface area contributed by atoms with Crippen molar-refractivity contribution in [2.75, 3.05) is 6.54 Å². The van der Waals surface area contributed by atoms with Gasteiger partial charge in [0.1, 0.15) is 6.04 Å². The maximum absolute atomic E-state index is 6.25. The Balaban J connectivity index is 1.62. The topological polar surface area (TPSA) is 33.4 Å². The quantitative estimate of drug-likeness (QED) is 0.618. The number of rotatable bonds is 3. The Morgan fingerprint density at radius 2 is 2.04 bits per heavy atom. The summed E-state index contributed by atoms with van der Waals surface area (Å²) in [5, 5.41) is 2.41. The van der Waals surface area contributed by atoms with Crippen LogP contribution in [0.25, 0.3) is 5.69 Å². The molecular weight excluding hydrogens is 376 g/mol. The predicted octanol–water partition coefficient (Wildman–Crippen LogP) is 5.12. The van der Waals surface area contributed by atoms with E-state index in [1.807, 2.05) is 48.3 Å². The van der Waals surface area contributed by atoms with Crippen LogP contribution in [-0.4, -0.2) is 31.4 Å². The molecule has 1 aromatic carbocycles. The van der Waals surface area contributed by atoms with Crippen LogP contribution in [0, 0.1) is 0 Å². The molecule has 0 unspecified atom stereocenters. The van der Waals surface area contributed by atoms with Gasteiger partial charge in [-0.1, -0.05) is 42.4 Å². The highest BCUT2D eigenvalue weighted by Gasteiger charge is 2.44. The first kappa shape index (κ1) is 16.9. The molecule has 5 rings (SSSR count). The molecule has 1 fully saturated rings. The molecule has 0 bridgehead atoms. The van der Waals surface area contributed by atoms with Crippen molar-refractivity contribution < 1.29 is 0 Å². The van der Waals surface area contributed by atoms with E-state index in [-0.39, 0.29) is 12.1 Å². The van der Waals surface area contributed by atoms with Gasteiger partial charge in [-0.3, -0.25) is 9.98 Å². The molecule has 2 aromatic heterocycles. The fraction of sp³-hybridized carbons (Fsp3) is 0.238. The minimum absolute atomic E-state index is 0.00552. The van der Waals surface area contributed by atoms with Crippen molar-refractivity contribution in [2.24, 2.45) is 4.99 Å². The molecule has 0 amide bonds. The summed E-state index contributed by atoms with van der Waals surface area (Å²) < 4.78 is 2.22. The van der Waals surface area contributed by atoms with E-state index >= 15 is 0 Å². The maximum Gasteiger partial charge on any atom is 0.160 e. The summed E-state index contributed by atoms with van der Waals surface area (Å²) >= 11 is 8.10. The van der Waals surface area contributed by atoms with Gasteiger partial charge in [0, 0.05) is 40.6 Å². The van der Waals surface area contributed by atoms with Crippen molar-refractivity contribution in [3.63, 3.8) is 0 Å². The van der Waals surface area contributed by atoms with Gasteiger partial charge in [-0.2, -0.15) is 0 Å². The number of pyridine rings is 1. The number of aliphatic imine (C=N–C) groups is 1. The van der Waals surface area contributed by atoms with E-state index in [4.69, 9.17) is 16.6 Å². The van der Waals surface area contributed by atoms with E-state index in [9.17, 15) is 0 Å². The largest absolute Gasteiger partial charge is 0.339 e. The maximum atomic E-state index is 6.25. The van der Waals surface area contributed by atoms with E-state index in [1.165, 1.54) is 5.69 Å². The Bertz CT molecular complexity index is 1000. The van der Waals surface area contributed by atoms with Gasteiger partial charge >= 0.3 is 0 Å². The number of benzene rings is 1. The Labute approximate surface area is 167 Å². The SMILES string of the molecule is C[C@@H]1CN2C(=N[C@@H](c3ccccn3)[C@@H]2c2cccn2-c2cccc(Cl)c2)S1. The van der Waals surface area contributed by atoms with Crippen LogP contribution < -0.4 is 0 Å². The Morgan fingerprint density at radius 1 is 1.11 bits per heavy atom. The molecule has 27 heavy (non-hydrogen) atoms. The molecule has 0 radical (unpaired) electrons. The molecule has 2 aliphatic heterocycles. The fourth-order valence-electron chi connectivity index (χ4n) is 3.93. The normalized spacial score (nSPS) is 24.1. The smallest absolute Gasteiger partial charge is 0.160 e. The Morgan fingerprint density at radius 3 is 2.85 bits per heavy atom. The summed E-state index contributed by atoms with van der Waals surface area (Å²) in [7, 11) is 0. The molecule has 3 aromatic rings. The standard InChI is InChI=1S/C21H19ClN4S/c1-14-13-26-20(19(24-21(26)27-14)17-8-2-3-10-23-17)18-9-5-11-25(18)16-7-4-6-15(22)12-16/h2-12,14,19-20H,13H2,1H3/t14-,19+,20+/m1/s1. The summed E-state index contributed by atoms with van der Waals surface area (Å²) in [6.07, 6.45) is 3.95. The van der Waals surface area contributed by atoms with Gasteiger partial charge in [0.2, 0.25) is 0 Å². The van der Waals surface area contributed by atoms with E-state index < -0.39 is 0 Å². The number of aromatic nitrogens is 2. The van der Waals surface area contributed by atoms with Crippen LogP contribution in [0.3, 0.4) is 0 Å². The molecule has 4 heterocycles. The molecule has 2 aliphatic rings. The molecule has 0 spiro atoms. The van der Waals surface area contributed by atoms with Crippen LogP contribution in [0.4, 0.5) is 0 Å². The highest BCUT2D eigenvalue weighted by molar-refractivity contribution is 8.14. The van der Waals surface area contributed by atoms with Gasteiger partial charge in [-0.15, -0.1) is 0 Å². The van der Waals surface area contributed by atoms with E-state index in [0.717, 1.165) is 28.1 Å². The van der Waals surface area contributed by atoms with Gasteiger partial charge in [0.25, 0.3) is 0 Å².